The molecule has 0 aliphatic carbocycles. The molecule has 2 aromatic carbocycles. The molecule has 0 aromatic heterocycles. The Labute approximate surface area is 153 Å². The number of hydrogen-bond donors (Lipinski definition) is 0. The van der Waals surface area contributed by atoms with Crippen molar-refractivity contribution >= 4 is 11.4 Å². The summed E-state index contributed by atoms with van der Waals surface area (Å²) in [7, 11) is 0. The summed E-state index contributed by atoms with van der Waals surface area (Å²) in [5.74, 6) is 0. The molecule has 8 heteroatoms. The zero-order valence-electron chi connectivity index (χ0n) is 14.6. The third-order valence-electron chi connectivity index (χ3n) is 4.25. The predicted octanol–water partition coefficient (Wildman–Crippen LogP) is 3.45. The molecule has 2 fully saturated rings. The highest BCUT2D eigenvalue weighted by molar-refractivity contribution is 5.35. The summed E-state index contributed by atoms with van der Waals surface area (Å²) in [6, 6.07) is 19.6. The lowest BCUT2D eigenvalue weighted by molar-refractivity contribution is -0.0290. The van der Waals surface area contributed by atoms with Gasteiger partial charge in [0.25, 0.3) is 0 Å². The molecule has 2 unspecified atom stereocenters. The maximum Gasteiger partial charge on any atom is 0.0936 e. The number of rotatable bonds is 4. The molecule has 2 heterocycles. The van der Waals surface area contributed by atoms with Gasteiger partial charge in [-0.2, -0.15) is 0 Å². The quantitative estimate of drug-likeness (QED) is 0.793. The molecule has 2 aromatic rings. The van der Waals surface area contributed by atoms with E-state index in [1.165, 1.54) is 0 Å². The van der Waals surface area contributed by atoms with E-state index in [0.717, 1.165) is 51.1 Å². The van der Waals surface area contributed by atoms with Gasteiger partial charge in [0, 0.05) is 6.54 Å². The second-order valence-electron chi connectivity index (χ2n) is 6.42. The minimum Gasteiger partial charge on any atom is -0.270 e. The van der Waals surface area contributed by atoms with Crippen molar-refractivity contribution in [2.24, 2.45) is 20.7 Å². The molecule has 0 spiro atoms. The highest BCUT2D eigenvalue weighted by Crippen LogP contribution is 2.17. The Morgan fingerprint density at radius 3 is 1.73 bits per heavy atom. The minimum absolute atomic E-state index is 0.726. The van der Waals surface area contributed by atoms with E-state index < -0.39 is 0 Å². The van der Waals surface area contributed by atoms with Gasteiger partial charge < -0.3 is 0 Å². The molecule has 0 N–H and O–H groups in total. The summed E-state index contributed by atoms with van der Waals surface area (Å²) in [4.78, 5) is 4.62. The number of nitrogens with zero attached hydrogens (tertiary/aromatic N) is 8. The Balaban J connectivity index is 1.37. The van der Waals surface area contributed by atoms with Crippen LogP contribution in [0, 0.1) is 0 Å². The van der Waals surface area contributed by atoms with E-state index in [1.807, 2.05) is 70.7 Å². The van der Waals surface area contributed by atoms with Crippen LogP contribution in [0.3, 0.4) is 0 Å². The summed E-state index contributed by atoms with van der Waals surface area (Å²) in [6.45, 7) is 4.90. The first-order chi connectivity index (χ1) is 12.8. The van der Waals surface area contributed by atoms with Gasteiger partial charge in [-0.1, -0.05) is 46.8 Å². The normalized spacial score (nSPS) is 23.5. The fourth-order valence-electron chi connectivity index (χ4n) is 3.02. The second-order valence-corrected chi connectivity index (χ2v) is 6.42. The van der Waals surface area contributed by atoms with Crippen molar-refractivity contribution in [3.63, 3.8) is 0 Å². The van der Waals surface area contributed by atoms with Crippen molar-refractivity contribution in [3.05, 3.63) is 60.7 Å². The van der Waals surface area contributed by atoms with Crippen LogP contribution in [0.25, 0.3) is 0 Å². The molecule has 2 saturated heterocycles. The molecular weight excluding hydrogens is 328 g/mol. The van der Waals surface area contributed by atoms with E-state index in [2.05, 4.69) is 30.5 Å². The van der Waals surface area contributed by atoms with E-state index in [1.54, 1.807) is 0 Å². The van der Waals surface area contributed by atoms with Crippen LogP contribution in [-0.2, 0) is 0 Å². The van der Waals surface area contributed by atoms with Gasteiger partial charge in [-0.3, -0.25) is 14.8 Å². The highest BCUT2D eigenvalue weighted by atomic mass is 15.7. The van der Waals surface area contributed by atoms with Crippen LogP contribution in [0.5, 0.6) is 0 Å². The number of benzene rings is 2. The van der Waals surface area contributed by atoms with Crippen LogP contribution >= 0.6 is 0 Å². The van der Waals surface area contributed by atoms with E-state index in [4.69, 9.17) is 0 Å². The molecule has 2 atom stereocenters. The van der Waals surface area contributed by atoms with Crippen molar-refractivity contribution < 1.29 is 0 Å². The fraction of sp³-hybridized carbons (Fsp3) is 0.333. The van der Waals surface area contributed by atoms with Crippen molar-refractivity contribution in [1.29, 1.82) is 0 Å². The second kappa shape index (κ2) is 8.03. The lowest BCUT2D eigenvalue weighted by Crippen LogP contribution is -2.52. The zero-order valence-corrected chi connectivity index (χ0v) is 14.6. The molecule has 0 amide bonds. The van der Waals surface area contributed by atoms with Crippen LogP contribution in [0.2, 0.25) is 0 Å². The Kier molecular flexibility index (Phi) is 5.13. The third kappa shape index (κ3) is 4.41. The van der Waals surface area contributed by atoms with E-state index in [-0.39, 0.29) is 0 Å². The SMILES string of the molecule is c1ccc(N=NN2CCN3CN(C2)CN(N=Nc2ccccc2)C3)cc1. The maximum atomic E-state index is 4.41. The Morgan fingerprint density at radius 2 is 1.08 bits per heavy atom. The van der Waals surface area contributed by atoms with Gasteiger partial charge in [0.15, 0.2) is 0 Å². The van der Waals surface area contributed by atoms with Crippen molar-refractivity contribution in [2.75, 3.05) is 39.8 Å². The zero-order chi connectivity index (χ0) is 17.6. The van der Waals surface area contributed by atoms with Gasteiger partial charge >= 0.3 is 0 Å². The molecule has 26 heavy (non-hydrogen) atoms. The number of fused-ring (bicyclic) bond motifs is 2. The summed E-state index contributed by atoms with van der Waals surface area (Å²) in [5.41, 5.74) is 1.73. The fourth-order valence-corrected chi connectivity index (χ4v) is 3.02. The highest BCUT2D eigenvalue weighted by Gasteiger charge is 2.27. The first-order valence-corrected chi connectivity index (χ1v) is 8.73. The lowest BCUT2D eigenvalue weighted by atomic mass is 10.3. The van der Waals surface area contributed by atoms with Crippen LogP contribution in [0.15, 0.2) is 81.3 Å². The van der Waals surface area contributed by atoms with Crippen LogP contribution in [0.4, 0.5) is 11.4 Å². The third-order valence-corrected chi connectivity index (χ3v) is 4.25. The van der Waals surface area contributed by atoms with Gasteiger partial charge in [0.2, 0.25) is 0 Å². The van der Waals surface area contributed by atoms with Crippen molar-refractivity contribution in [1.82, 2.24) is 19.8 Å². The number of hydrogen-bond acceptors (Lipinski definition) is 6. The minimum atomic E-state index is 0.726. The smallest absolute Gasteiger partial charge is 0.0936 e. The van der Waals surface area contributed by atoms with Crippen LogP contribution in [0.1, 0.15) is 0 Å². The van der Waals surface area contributed by atoms with Gasteiger partial charge in [-0.25, -0.2) is 5.01 Å². The summed E-state index contributed by atoms with van der Waals surface area (Å²) in [5, 5.41) is 21.4. The molecule has 2 aliphatic rings. The largest absolute Gasteiger partial charge is 0.270 e. The Hall–Kier alpha value is -2.84. The molecular formula is C18H22N8. The molecule has 134 valence electrons. The summed E-state index contributed by atoms with van der Waals surface area (Å²) < 4.78 is 0. The van der Waals surface area contributed by atoms with E-state index in [9.17, 15) is 0 Å². The topological polar surface area (TPSA) is 62.4 Å². The van der Waals surface area contributed by atoms with E-state index in [0.29, 0.717) is 0 Å². The standard InChI is InChI=1S/C18H22N8/c1-3-7-17(8-4-1)19-21-25-12-11-23-13-24(15-25)16-26(14-23)22-20-18-9-5-2-6-10-18/h1-10H,11-16H2. The van der Waals surface area contributed by atoms with Gasteiger partial charge in [-0.15, -0.1) is 10.2 Å². The van der Waals surface area contributed by atoms with Crippen LogP contribution < -0.4 is 0 Å². The average Bonchev–Trinajstić information content (AvgIpc) is 2.84. The summed E-state index contributed by atoms with van der Waals surface area (Å²) >= 11 is 0. The van der Waals surface area contributed by atoms with Gasteiger partial charge in [0.1, 0.15) is 0 Å². The van der Waals surface area contributed by atoms with Crippen molar-refractivity contribution in [3.8, 4) is 0 Å². The van der Waals surface area contributed by atoms with Crippen molar-refractivity contribution in [2.45, 2.75) is 0 Å². The first kappa shape index (κ1) is 16.6. The average molecular weight is 350 g/mol. The molecule has 0 radical (unpaired) electrons. The molecule has 8 nitrogen and oxygen atoms in total. The first-order valence-electron chi connectivity index (χ1n) is 8.73. The lowest BCUT2D eigenvalue weighted by Gasteiger charge is -2.37. The predicted molar refractivity (Wildman–Crippen MR) is 98.5 cm³/mol. The molecule has 2 aliphatic heterocycles. The molecule has 4 rings (SSSR count). The monoisotopic (exact) mass is 350 g/mol. The molecule has 2 bridgehead atoms. The van der Waals surface area contributed by atoms with Gasteiger partial charge in [0.05, 0.1) is 44.6 Å². The van der Waals surface area contributed by atoms with E-state index >= 15 is 0 Å². The Morgan fingerprint density at radius 1 is 0.538 bits per heavy atom. The van der Waals surface area contributed by atoms with Gasteiger partial charge in [-0.05, 0) is 24.3 Å². The maximum absolute atomic E-state index is 4.41. The Bertz CT molecular complexity index is 701. The summed E-state index contributed by atoms with van der Waals surface area (Å²) in [6.07, 6.45) is 0. The van der Waals surface area contributed by atoms with Crippen LogP contribution in [-0.4, -0.2) is 59.6 Å². The molecule has 0 saturated carbocycles.